The zero-order valence-corrected chi connectivity index (χ0v) is 18.2. The molecule has 0 aliphatic rings. The number of carbonyl (C=O) groups is 1. The number of aliphatic carboxylic acids is 1. The second-order valence-corrected chi connectivity index (χ2v) is 7.31. The molecule has 1 atom stereocenters. The quantitative estimate of drug-likeness (QED) is 0.392. The first-order valence-electron chi connectivity index (χ1n) is 10.3. The summed E-state index contributed by atoms with van der Waals surface area (Å²) in [5.74, 6) is 0.207. The van der Waals surface area contributed by atoms with Crippen molar-refractivity contribution in [2.75, 3.05) is 31.4 Å². The van der Waals surface area contributed by atoms with Crippen LogP contribution in [0.2, 0.25) is 0 Å². The van der Waals surface area contributed by atoms with Crippen LogP contribution in [0.3, 0.4) is 0 Å². The molecule has 3 N–H and O–H groups in total. The van der Waals surface area contributed by atoms with Gasteiger partial charge in [-0.1, -0.05) is 37.3 Å². The fraction of sp³-hybridized carbons (Fsp3) is 0.292. The van der Waals surface area contributed by atoms with Crippen LogP contribution in [0.25, 0.3) is 11.1 Å². The average molecular weight is 438 g/mol. The van der Waals surface area contributed by atoms with Crippen molar-refractivity contribution >= 4 is 17.3 Å². The summed E-state index contributed by atoms with van der Waals surface area (Å²) in [6.45, 7) is 2.45. The fourth-order valence-electron chi connectivity index (χ4n) is 3.50. The predicted octanol–water partition coefficient (Wildman–Crippen LogP) is 2.90. The Morgan fingerprint density at radius 3 is 2.09 bits per heavy atom. The highest BCUT2D eigenvalue weighted by molar-refractivity contribution is 5.83. The van der Waals surface area contributed by atoms with E-state index in [1.807, 2.05) is 49.4 Å². The lowest BCUT2D eigenvalue weighted by Gasteiger charge is -2.20. The van der Waals surface area contributed by atoms with Gasteiger partial charge in [0.25, 0.3) is 10.9 Å². The molecular formula is C24H26N2O6. The second-order valence-electron chi connectivity index (χ2n) is 7.31. The summed E-state index contributed by atoms with van der Waals surface area (Å²) in [4.78, 5) is 35.5. The molecule has 0 amide bonds. The third-order valence-corrected chi connectivity index (χ3v) is 5.19. The van der Waals surface area contributed by atoms with Crippen LogP contribution in [0.5, 0.6) is 11.5 Å². The Morgan fingerprint density at radius 1 is 0.969 bits per heavy atom. The zero-order valence-electron chi connectivity index (χ0n) is 18.2. The molecule has 3 rings (SSSR count). The molecule has 0 heterocycles. The Labute approximate surface area is 185 Å². The molecule has 168 valence electrons. The summed E-state index contributed by atoms with van der Waals surface area (Å²) < 4.78 is 10.9. The van der Waals surface area contributed by atoms with Crippen molar-refractivity contribution in [2.45, 2.75) is 25.8 Å². The van der Waals surface area contributed by atoms with Crippen LogP contribution >= 0.6 is 0 Å². The molecule has 0 saturated carbocycles. The Bertz CT molecular complexity index is 1140. The van der Waals surface area contributed by atoms with Gasteiger partial charge in [0.1, 0.15) is 28.9 Å². The Kier molecular flexibility index (Phi) is 7.14. The van der Waals surface area contributed by atoms with Gasteiger partial charge in [0.05, 0.1) is 19.8 Å². The summed E-state index contributed by atoms with van der Waals surface area (Å²) in [6.07, 6.45) is 0.897. The van der Waals surface area contributed by atoms with Gasteiger partial charge in [-0.25, -0.2) is 4.79 Å². The number of hydrogen-bond donors (Lipinski definition) is 3. The van der Waals surface area contributed by atoms with Gasteiger partial charge in [-0.05, 0) is 29.7 Å². The first kappa shape index (κ1) is 22.9. The SMILES string of the molecule is CCCNc1c(N[C@@H](Cc2ccc(-c3c(OC)cccc3OC)cc2)C(=O)O)c(=O)c1=O. The van der Waals surface area contributed by atoms with Crippen molar-refractivity contribution in [1.82, 2.24) is 0 Å². The smallest absolute Gasteiger partial charge is 0.326 e. The van der Waals surface area contributed by atoms with Crippen molar-refractivity contribution in [3.05, 3.63) is 68.5 Å². The third-order valence-electron chi connectivity index (χ3n) is 5.19. The highest BCUT2D eigenvalue weighted by Gasteiger charge is 2.26. The van der Waals surface area contributed by atoms with E-state index in [0.29, 0.717) is 18.0 Å². The maximum Gasteiger partial charge on any atom is 0.326 e. The maximum atomic E-state index is 11.9. The lowest BCUT2D eigenvalue weighted by molar-refractivity contribution is -0.137. The van der Waals surface area contributed by atoms with Crippen LogP contribution in [0, 0.1) is 0 Å². The van der Waals surface area contributed by atoms with E-state index in [4.69, 9.17) is 9.47 Å². The van der Waals surface area contributed by atoms with Crippen molar-refractivity contribution in [1.29, 1.82) is 0 Å². The number of benzene rings is 2. The fourth-order valence-corrected chi connectivity index (χ4v) is 3.50. The maximum absolute atomic E-state index is 11.9. The summed E-state index contributed by atoms with van der Waals surface area (Å²) in [5, 5.41) is 15.3. The lowest BCUT2D eigenvalue weighted by Crippen LogP contribution is -2.42. The first-order chi connectivity index (χ1) is 15.4. The van der Waals surface area contributed by atoms with Crippen LogP contribution in [0.1, 0.15) is 18.9 Å². The monoisotopic (exact) mass is 438 g/mol. The number of ether oxygens (including phenoxy) is 2. The standard InChI is InChI=1S/C24H26N2O6/c1-4-12-25-20-21(23(28)22(20)27)26-16(24(29)30)13-14-8-10-15(11-9-14)19-17(31-2)6-5-7-18(19)32-3/h5-11,16,25-26H,4,12-13H2,1-3H3,(H,29,30)/t16-/m0/s1. The normalized spacial score (nSPS) is 11.7. The number of hydrogen-bond acceptors (Lipinski definition) is 7. The molecule has 0 fully saturated rings. The lowest BCUT2D eigenvalue weighted by atomic mass is 9.99. The van der Waals surface area contributed by atoms with E-state index < -0.39 is 22.9 Å². The van der Waals surface area contributed by atoms with E-state index in [1.54, 1.807) is 14.2 Å². The molecule has 0 spiro atoms. The second kappa shape index (κ2) is 10.00. The highest BCUT2D eigenvalue weighted by Crippen LogP contribution is 2.38. The summed E-state index contributed by atoms with van der Waals surface area (Å²) >= 11 is 0. The number of carboxylic acids is 1. The molecule has 0 aliphatic heterocycles. The first-order valence-corrected chi connectivity index (χ1v) is 10.3. The minimum absolute atomic E-state index is 0.0335. The van der Waals surface area contributed by atoms with Crippen molar-refractivity contribution in [3.8, 4) is 22.6 Å². The Hall–Kier alpha value is -3.81. The molecule has 0 radical (unpaired) electrons. The van der Waals surface area contributed by atoms with Crippen LogP contribution in [0.4, 0.5) is 11.4 Å². The third kappa shape index (κ3) is 4.59. The van der Waals surface area contributed by atoms with E-state index in [1.165, 1.54) is 0 Å². The van der Waals surface area contributed by atoms with Crippen molar-refractivity contribution in [2.24, 2.45) is 0 Å². The Morgan fingerprint density at radius 2 is 1.56 bits per heavy atom. The zero-order chi connectivity index (χ0) is 23.3. The van der Waals surface area contributed by atoms with Gasteiger partial charge in [0, 0.05) is 13.0 Å². The van der Waals surface area contributed by atoms with Crippen LogP contribution in [-0.2, 0) is 11.2 Å². The molecule has 3 aromatic rings. The van der Waals surface area contributed by atoms with Gasteiger partial charge in [-0.15, -0.1) is 0 Å². The van der Waals surface area contributed by atoms with Gasteiger partial charge in [-0.2, -0.15) is 0 Å². The number of nitrogens with one attached hydrogen (secondary N) is 2. The number of anilines is 2. The summed E-state index contributed by atoms with van der Waals surface area (Å²) in [6, 6.07) is 11.8. The minimum atomic E-state index is -1.12. The topological polar surface area (TPSA) is 114 Å². The van der Waals surface area contributed by atoms with E-state index in [2.05, 4.69) is 10.6 Å². The summed E-state index contributed by atoms with van der Waals surface area (Å²) in [5.41, 5.74) is 1.27. The molecule has 0 unspecified atom stereocenters. The van der Waals surface area contributed by atoms with E-state index in [0.717, 1.165) is 23.1 Å². The number of carboxylic acid groups (broad SMARTS) is 1. The summed E-state index contributed by atoms with van der Waals surface area (Å²) in [7, 11) is 3.17. The van der Waals surface area contributed by atoms with Gasteiger partial charge in [0.15, 0.2) is 0 Å². The highest BCUT2D eigenvalue weighted by atomic mass is 16.5. The van der Waals surface area contributed by atoms with Crippen molar-refractivity contribution in [3.63, 3.8) is 0 Å². The molecule has 0 aliphatic carbocycles. The molecule has 3 aromatic carbocycles. The molecule has 8 nitrogen and oxygen atoms in total. The van der Waals surface area contributed by atoms with Gasteiger partial charge < -0.3 is 25.2 Å². The van der Waals surface area contributed by atoms with E-state index in [9.17, 15) is 19.5 Å². The molecule has 0 saturated heterocycles. The minimum Gasteiger partial charge on any atom is -0.496 e. The molecule has 8 heteroatoms. The van der Waals surface area contributed by atoms with Gasteiger partial charge >= 0.3 is 5.97 Å². The van der Waals surface area contributed by atoms with Gasteiger partial charge in [-0.3, -0.25) is 9.59 Å². The molecule has 32 heavy (non-hydrogen) atoms. The molecule has 0 bridgehead atoms. The van der Waals surface area contributed by atoms with Crippen molar-refractivity contribution < 1.29 is 19.4 Å². The molecular weight excluding hydrogens is 412 g/mol. The number of rotatable bonds is 11. The van der Waals surface area contributed by atoms with Gasteiger partial charge in [0.2, 0.25) is 0 Å². The van der Waals surface area contributed by atoms with Crippen LogP contribution < -0.4 is 31.0 Å². The van der Waals surface area contributed by atoms with E-state index in [-0.39, 0.29) is 17.8 Å². The largest absolute Gasteiger partial charge is 0.496 e. The Balaban J connectivity index is 1.81. The van der Waals surface area contributed by atoms with E-state index >= 15 is 0 Å². The average Bonchev–Trinajstić information content (AvgIpc) is 2.82. The predicted molar refractivity (Wildman–Crippen MR) is 124 cm³/mol. The number of methoxy groups -OCH3 is 2. The molecule has 0 aromatic heterocycles. The van der Waals surface area contributed by atoms with Crippen LogP contribution in [-0.4, -0.2) is 37.9 Å². The van der Waals surface area contributed by atoms with Crippen LogP contribution in [0.15, 0.2) is 52.1 Å².